The molecule has 0 bridgehead atoms. The van der Waals surface area contributed by atoms with Crippen molar-refractivity contribution in [2.24, 2.45) is 10.4 Å². The predicted molar refractivity (Wildman–Crippen MR) is 105 cm³/mol. The van der Waals surface area contributed by atoms with Gasteiger partial charge in [-0.05, 0) is 18.4 Å². The van der Waals surface area contributed by atoms with Gasteiger partial charge in [0.05, 0.1) is 18.0 Å². The highest BCUT2D eigenvalue weighted by Crippen LogP contribution is 2.33. The first kappa shape index (κ1) is 19.4. The second-order valence-electron chi connectivity index (χ2n) is 7.45. The van der Waals surface area contributed by atoms with Crippen molar-refractivity contribution < 1.29 is 13.2 Å². The van der Waals surface area contributed by atoms with E-state index >= 15 is 0 Å². The van der Waals surface area contributed by atoms with Crippen molar-refractivity contribution in [1.82, 2.24) is 4.31 Å². The third-order valence-electron chi connectivity index (χ3n) is 4.83. The fraction of sp³-hybridized carbons (Fsp3) is 0.526. The Kier molecular flexibility index (Phi) is 5.75. The molecule has 7 heteroatoms. The van der Waals surface area contributed by atoms with Gasteiger partial charge in [0.1, 0.15) is 17.7 Å². The van der Waals surface area contributed by atoms with Crippen LogP contribution in [0, 0.1) is 5.41 Å². The molecule has 0 saturated carbocycles. The number of alkyl halides is 1. The summed E-state index contributed by atoms with van der Waals surface area (Å²) < 4.78 is 33.2. The van der Waals surface area contributed by atoms with E-state index in [4.69, 9.17) is 16.3 Å². The van der Waals surface area contributed by atoms with Crippen LogP contribution in [0.4, 0.5) is 0 Å². The largest absolute Gasteiger partial charge is 0.493 e. The molecule has 1 fully saturated rings. The molecule has 2 aliphatic heterocycles. The summed E-state index contributed by atoms with van der Waals surface area (Å²) in [6, 6.07) is 9.10. The van der Waals surface area contributed by atoms with Gasteiger partial charge in [0, 0.05) is 18.2 Å². The molecule has 142 valence electrons. The zero-order valence-corrected chi connectivity index (χ0v) is 16.7. The lowest BCUT2D eigenvalue weighted by Crippen LogP contribution is -2.40. The van der Waals surface area contributed by atoms with E-state index in [0.29, 0.717) is 18.9 Å². The third kappa shape index (κ3) is 4.30. The molecule has 0 spiro atoms. The smallest absolute Gasteiger partial charge is 0.218 e. The van der Waals surface area contributed by atoms with Crippen molar-refractivity contribution in [2.45, 2.75) is 43.9 Å². The SMILES string of the molecule is CC1(C)C=NC=C(OC[C@H]2CCCN2S(=O)(=O)Cc2ccccc2)C1Cl. The first-order valence-electron chi connectivity index (χ1n) is 8.84. The molecule has 0 radical (unpaired) electrons. The lowest BCUT2D eigenvalue weighted by molar-refractivity contribution is 0.144. The molecule has 0 aliphatic carbocycles. The molecule has 0 amide bonds. The molecule has 2 atom stereocenters. The van der Waals surface area contributed by atoms with Crippen LogP contribution in [0.25, 0.3) is 0 Å². The first-order valence-corrected chi connectivity index (χ1v) is 10.9. The Balaban J connectivity index is 1.65. The number of allylic oxidation sites excluding steroid dienone is 1. The van der Waals surface area contributed by atoms with Crippen molar-refractivity contribution in [3.05, 3.63) is 47.9 Å². The number of hydrogen-bond donors (Lipinski definition) is 0. The Hall–Kier alpha value is -1.37. The van der Waals surface area contributed by atoms with Gasteiger partial charge >= 0.3 is 0 Å². The van der Waals surface area contributed by atoms with Crippen molar-refractivity contribution in [3.63, 3.8) is 0 Å². The maximum Gasteiger partial charge on any atom is 0.218 e. The number of nitrogens with zero attached hydrogens (tertiary/aromatic N) is 2. The highest BCUT2D eigenvalue weighted by atomic mass is 35.5. The maximum atomic E-state index is 12.8. The molecule has 26 heavy (non-hydrogen) atoms. The summed E-state index contributed by atoms with van der Waals surface area (Å²) in [4.78, 5) is 4.20. The molecule has 5 nitrogen and oxygen atoms in total. The van der Waals surface area contributed by atoms with E-state index in [9.17, 15) is 8.42 Å². The zero-order valence-electron chi connectivity index (χ0n) is 15.1. The van der Waals surface area contributed by atoms with Crippen LogP contribution in [0.2, 0.25) is 0 Å². The van der Waals surface area contributed by atoms with Gasteiger partial charge in [-0.15, -0.1) is 11.6 Å². The van der Waals surface area contributed by atoms with E-state index in [-0.39, 0.29) is 22.6 Å². The predicted octanol–water partition coefficient (Wildman–Crippen LogP) is 3.56. The highest BCUT2D eigenvalue weighted by Gasteiger charge is 2.37. The Morgan fingerprint density at radius 3 is 2.77 bits per heavy atom. The summed E-state index contributed by atoms with van der Waals surface area (Å²) in [5.74, 6) is 0.620. The number of rotatable bonds is 6. The van der Waals surface area contributed by atoms with Gasteiger partial charge in [0.25, 0.3) is 0 Å². The van der Waals surface area contributed by atoms with Crippen LogP contribution in [0.3, 0.4) is 0 Å². The quantitative estimate of drug-likeness (QED) is 0.691. The van der Waals surface area contributed by atoms with Crippen LogP contribution in [0.15, 0.2) is 47.3 Å². The van der Waals surface area contributed by atoms with E-state index in [1.54, 1.807) is 10.5 Å². The summed E-state index contributed by atoms with van der Waals surface area (Å²) in [6.07, 6.45) is 5.07. The molecule has 3 rings (SSSR count). The number of ether oxygens (including phenoxy) is 1. The minimum Gasteiger partial charge on any atom is -0.493 e. The fourth-order valence-electron chi connectivity index (χ4n) is 3.31. The van der Waals surface area contributed by atoms with Gasteiger partial charge in [-0.2, -0.15) is 4.31 Å². The summed E-state index contributed by atoms with van der Waals surface area (Å²) >= 11 is 6.48. The average molecular weight is 397 g/mol. The van der Waals surface area contributed by atoms with Crippen LogP contribution >= 0.6 is 11.6 Å². The van der Waals surface area contributed by atoms with E-state index in [0.717, 1.165) is 18.4 Å². The van der Waals surface area contributed by atoms with Crippen LogP contribution < -0.4 is 0 Å². The molecule has 0 N–H and O–H groups in total. The second kappa shape index (κ2) is 7.71. The highest BCUT2D eigenvalue weighted by molar-refractivity contribution is 7.88. The van der Waals surface area contributed by atoms with E-state index in [1.165, 1.54) is 0 Å². The fourth-order valence-corrected chi connectivity index (χ4v) is 5.30. The van der Waals surface area contributed by atoms with Gasteiger partial charge in [-0.25, -0.2) is 8.42 Å². The molecule has 1 aromatic rings. The van der Waals surface area contributed by atoms with Gasteiger partial charge < -0.3 is 4.74 Å². The number of aliphatic imine (C=N–C) groups is 1. The molecular weight excluding hydrogens is 372 g/mol. The van der Waals surface area contributed by atoms with Crippen molar-refractivity contribution in [1.29, 1.82) is 0 Å². The minimum atomic E-state index is -3.38. The van der Waals surface area contributed by atoms with Crippen molar-refractivity contribution in [2.75, 3.05) is 13.2 Å². The summed E-state index contributed by atoms with van der Waals surface area (Å²) in [5.41, 5.74) is 0.506. The number of benzene rings is 1. The molecule has 1 aromatic carbocycles. The lowest BCUT2D eigenvalue weighted by atomic mass is 9.88. The van der Waals surface area contributed by atoms with Crippen molar-refractivity contribution >= 4 is 27.8 Å². The molecule has 0 aromatic heterocycles. The van der Waals surface area contributed by atoms with Crippen LogP contribution in [0.1, 0.15) is 32.3 Å². The van der Waals surface area contributed by atoms with E-state index in [2.05, 4.69) is 4.99 Å². The maximum absolute atomic E-state index is 12.8. The molecular formula is C19H25ClN2O3S. The Morgan fingerprint density at radius 1 is 1.31 bits per heavy atom. The van der Waals surface area contributed by atoms with Gasteiger partial charge in [-0.1, -0.05) is 44.2 Å². The minimum absolute atomic E-state index is 0.0164. The zero-order chi connectivity index (χ0) is 18.8. The average Bonchev–Trinajstić information content (AvgIpc) is 3.06. The third-order valence-corrected chi connectivity index (χ3v) is 7.50. The van der Waals surface area contributed by atoms with E-state index in [1.807, 2.05) is 50.4 Å². The van der Waals surface area contributed by atoms with Crippen LogP contribution in [-0.2, 0) is 20.5 Å². The number of sulfonamides is 1. The van der Waals surface area contributed by atoms with Gasteiger partial charge in [-0.3, -0.25) is 4.99 Å². The Morgan fingerprint density at radius 2 is 2.04 bits per heavy atom. The topological polar surface area (TPSA) is 59.0 Å². The monoisotopic (exact) mass is 396 g/mol. The Bertz CT molecular complexity index is 790. The lowest BCUT2D eigenvalue weighted by Gasteiger charge is -2.31. The second-order valence-corrected chi connectivity index (χ2v) is 9.81. The number of hydrogen-bond acceptors (Lipinski definition) is 4. The molecule has 1 unspecified atom stereocenters. The van der Waals surface area contributed by atoms with Crippen LogP contribution in [-0.4, -0.2) is 43.5 Å². The first-order chi connectivity index (χ1) is 12.3. The molecule has 1 saturated heterocycles. The normalized spacial score (nSPS) is 25.9. The van der Waals surface area contributed by atoms with Crippen LogP contribution in [0.5, 0.6) is 0 Å². The Labute approximate surface area is 160 Å². The number of halogens is 1. The summed E-state index contributed by atoms with van der Waals surface area (Å²) in [6.45, 7) is 4.83. The van der Waals surface area contributed by atoms with Crippen molar-refractivity contribution in [3.8, 4) is 0 Å². The van der Waals surface area contributed by atoms with Gasteiger partial charge in [0.2, 0.25) is 10.0 Å². The standard InChI is InChI=1S/C19H25ClN2O3S/c1-19(2)14-21-11-17(18(19)20)25-12-16-9-6-10-22(16)26(23,24)13-15-7-4-3-5-8-15/h3-5,7-8,11,14,16,18H,6,9-10,12-13H2,1-2H3/t16-,18?/m1/s1. The summed E-state index contributed by atoms with van der Waals surface area (Å²) in [7, 11) is -3.38. The summed E-state index contributed by atoms with van der Waals surface area (Å²) in [5, 5.41) is -0.309. The van der Waals surface area contributed by atoms with E-state index < -0.39 is 10.0 Å². The molecule has 2 aliphatic rings. The molecule has 2 heterocycles. The van der Waals surface area contributed by atoms with Gasteiger partial charge in [0.15, 0.2) is 0 Å².